The van der Waals surface area contributed by atoms with E-state index >= 15 is 0 Å². The second-order valence-corrected chi connectivity index (χ2v) is 4.75. The average molecular weight is 273 g/mol. The van der Waals surface area contributed by atoms with E-state index in [9.17, 15) is 4.39 Å². The van der Waals surface area contributed by atoms with E-state index in [1.165, 1.54) is 6.07 Å². The van der Waals surface area contributed by atoms with Gasteiger partial charge in [-0.1, -0.05) is 29.8 Å². The fourth-order valence-corrected chi connectivity index (χ4v) is 2.34. The van der Waals surface area contributed by atoms with E-state index < -0.39 is 0 Å². The van der Waals surface area contributed by atoms with Crippen LogP contribution in [0.1, 0.15) is 29.7 Å². The Labute approximate surface area is 119 Å². The summed E-state index contributed by atoms with van der Waals surface area (Å²) in [6, 6.07) is 12.8. The first-order valence-electron chi connectivity index (χ1n) is 6.81. The van der Waals surface area contributed by atoms with Crippen molar-refractivity contribution in [3.63, 3.8) is 0 Å². The van der Waals surface area contributed by atoms with Gasteiger partial charge in [-0.3, -0.25) is 0 Å². The minimum absolute atomic E-state index is 0.185. The van der Waals surface area contributed by atoms with Crippen LogP contribution in [0.5, 0.6) is 5.75 Å². The number of halogens is 1. The first-order chi connectivity index (χ1) is 9.65. The zero-order valence-electron chi connectivity index (χ0n) is 12.1. The van der Waals surface area contributed by atoms with Crippen LogP contribution in [-0.2, 0) is 0 Å². The molecule has 0 aliphatic carbocycles. The molecule has 106 valence electrons. The summed E-state index contributed by atoms with van der Waals surface area (Å²) in [5.74, 6) is 0.607. The van der Waals surface area contributed by atoms with Gasteiger partial charge < -0.3 is 10.1 Å². The van der Waals surface area contributed by atoms with Crippen molar-refractivity contribution in [2.75, 3.05) is 13.7 Å². The van der Waals surface area contributed by atoms with E-state index in [2.05, 4.69) is 5.32 Å². The van der Waals surface area contributed by atoms with E-state index in [-0.39, 0.29) is 11.9 Å². The van der Waals surface area contributed by atoms with Gasteiger partial charge in [-0.15, -0.1) is 0 Å². The zero-order valence-corrected chi connectivity index (χ0v) is 12.1. The smallest absolute Gasteiger partial charge is 0.128 e. The van der Waals surface area contributed by atoms with Gasteiger partial charge in [-0.2, -0.15) is 0 Å². The van der Waals surface area contributed by atoms with Crippen LogP contribution in [-0.4, -0.2) is 13.7 Å². The fraction of sp³-hybridized carbons (Fsp3) is 0.294. The Bertz CT molecular complexity index is 583. The zero-order chi connectivity index (χ0) is 14.5. The van der Waals surface area contributed by atoms with Gasteiger partial charge in [0.05, 0.1) is 12.6 Å². The Morgan fingerprint density at radius 3 is 2.70 bits per heavy atom. The lowest BCUT2D eigenvalue weighted by molar-refractivity contribution is 0.339. The maximum Gasteiger partial charge on any atom is 0.128 e. The molecule has 1 unspecified atom stereocenters. The molecule has 2 aromatic rings. The van der Waals surface area contributed by atoms with E-state index in [4.69, 9.17) is 4.74 Å². The molecule has 1 N–H and O–H groups in total. The van der Waals surface area contributed by atoms with Crippen LogP contribution in [0.4, 0.5) is 4.39 Å². The molecular formula is C17H20FNO. The van der Waals surface area contributed by atoms with Crippen LogP contribution < -0.4 is 10.1 Å². The van der Waals surface area contributed by atoms with E-state index in [0.717, 1.165) is 16.9 Å². The van der Waals surface area contributed by atoms with E-state index in [1.54, 1.807) is 6.07 Å². The molecule has 0 aromatic heterocycles. The van der Waals surface area contributed by atoms with Crippen LogP contribution in [0.3, 0.4) is 0 Å². The lowest BCUT2D eigenvalue weighted by Crippen LogP contribution is -2.19. The van der Waals surface area contributed by atoms with Crippen molar-refractivity contribution < 1.29 is 9.13 Å². The standard InChI is InChI=1S/C17H20FNO/c1-4-20-14-7-5-6-13(11-14)17(19-3)15-10-12(2)8-9-16(15)18/h5-11,17,19H,4H2,1-3H3. The summed E-state index contributed by atoms with van der Waals surface area (Å²) < 4.78 is 19.6. The van der Waals surface area contributed by atoms with Gasteiger partial charge >= 0.3 is 0 Å². The number of hydrogen-bond donors (Lipinski definition) is 1. The molecule has 0 fully saturated rings. The average Bonchev–Trinajstić information content (AvgIpc) is 2.44. The number of benzene rings is 2. The first-order valence-corrected chi connectivity index (χ1v) is 6.81. The molecule has 0 bridgehead atoms. The highest BCUT2D eigenvalue weighted by Gasteiger charge is 2.16. The molecule has 0 saturated heterocycles. The Kier molecular flexibility index (Phi) is 4.74. The molecule has 0 spiro atoms. The Balaban J connectivity index is 2.41. The number of nitrogens with one attached hydrogen (secondary N) is 1. The summed E-state index contributed by atoms with van der Waals surface area (Å²) in [5.41, 5.74) is 2.69. The van der Waals surface area contributed by atoms with Crippen molar-refractivity contribution in [3.05, 3.63) is 65.0 Å². The summed E-state index contributed by atoms with van der Waals surface area (Å²) >= 11 is 0. The third-order valence-electron chi connectivity index (χ3n) is 3.25. The molecule has 1 atom stereocenters. The molecule has 2 aromatic carbocycles. The molecule has 0 amide bonds. The highest BCUT2D eigenvalue weighted by atomic mass is 19.1. The highest BCUT2D eigenvalue weighted by Crippen LogP contribution is 2.27. The van der Waals surface area contributed by atoms with Crippen LogP contribution in [0, 0.1) is 12.7 Å². The van der Waals surface area contributed by atoms with Gasteiger partial charge in [-0.05, 0) is 44.7 Å². The molecule has 0 heterocycles. The Morgan fingerprint density at radius 2 is 2.00 bits per heavy atom. The predicted molar refractivity (Wildman–Crippen MR) is 79.7 cm³/mol. The number of ether oxygens (including phenoxy) is 1. The SMILES string of the molecule is CCOc1cccc(C(NC)c2cc(C)ccc2F)c1. The van der Waals surface area contributed by atoms with E-state index in [0.29, 0.717) is 12.2 Å². The first kappa shape index (κ1) is 14.5. The summed E-state index contributed by atoms with van der Waals surface area (Å²) in [4.78, 5) is 0. The Morgan fingerprint density at radius 1 is 1.20 bits per heavy atom. The van der Waals surface area contributed by atoms with Gasteiger partial charge in [0.2, 0.25) is 0 Å². The molecule has 20 heavy (non-hydrogen) atoms. The van der Waals surface area contributed by atoms with Crippen molar-refractivity contribution in [3.8, 4) is 5.75 Å². The fourth-order valence-electron chi connectivity index (χ4n) is 2.34. The van der Waals surface area contributed by atoms with Crippen molar-refractivity contribution in [2.24, 2.45) is 0 Å². The van der Waals surface area contributed by atoms with Gasteiger partial charge in [0.25, 0.3) is 0 Å². The highest BCUT2D eigenvalue weighted by molar-refractivity contribution is 5.38. The number of rotatable bonds is 5. The maximum absolute atomic E-state index is 14.1. The largest absolute Gasteiger partial charge is 0.494 e. The molecule has 0 saturated carbocycles. The molecule has 0 aliphatic rings. The lowest BCUT2D eigenvalue weighted by atomic mass is 9.97. The van der Waals surface area contributed by atoms with Gasteiger partial charge in [0, 0.05) is 5.56 Å². The summed E-state index contributed by atoms with van der Waals surface area (Å²) in [5, 5.41) is 3.18. The monoisotopic (exact) mass is 273 g/mol. The normalized spacial score (nSPS) is 12.2. The van der Waals surface area contributed by atoms with Gasteiger partial charge in [0.1, 0.15) is 11.6 Å². The molecular weight excluding hydrogens is 253 g/mol. The lowest BCUT2D eigenvalue weighted by Gasteiger charge is -2.19. The van der Waals surface area contributed by atoms with Crippen molar-refractivity contribution in [1.29, 1.82) is 0 Å². The molecule has 3 heteroatoms. The Hall–Kier alpha value is -1.87. The van der Waals surface area contributed by atoms with Crippen LogP contribution in [0.15, 0.2) is 42.5 Å². The van der Waals surface area contributed by atoms with Crippen LogP contribution in [0.2, 0.25) is 0 Å². The second kappa shape index (κ2) is 6.53. The van der Waals surface area contributed by atoms with Crippen LogP contribution >= 0.6 is 0 Å². The molecule has 2 nitrogen and oxygen atoms in total. The van der Waals surface area contributed by atoms with Crippen molar-refractivity contribution >= 4 is 0 Å². The quantitative estimate of drug-likeness (QED) is 0.893. The van der Waals surface area contributed by atoms with E-state index in [1.807, 2.05) is 51.2 Å². The molecule has 2 rings (SSSR count). The number of hydrogen-bond acceptors (Lipinski definition) is 2. The third-order valence-corrected chi connectivity index (χ3v) is 3.25. The van der Waals surface area contributed by atoms with Crippen LogP contribution in [0.25, 0.3) is 0 Å². The summed E-state index contributed by atoms with van der Waals surface area (Å²) in [6.07, 6.45) is 0. The summed E-state index contributed by atoms with van der Waals surface area (Å²) in [7, 11) is 1.83. The number of aryl methyl sites for hydroxylation is 1. The topological polar surface area (TPSA) is 21.3 Å². The minimum atomic E-state index is -0.197. The van der Waals surface area contributed by atoms with Crippen molar-refractivity contribution in [1.82, 2.24) is 5.32 Å². The van der Waals surface area contributed by atoms with Gasteiger partial charge in [0.15, 0.2) is 0 Å². The maximum atomic E-state index is 14.1. The van der Waals surface area contributed by atoms with Crippen molar-refractivity contribution in [2.45, 2.75) is 19.9 Å². The minimum Gasteiger partial charge on any atom is -0.494 e. The third kappa shape index (κ3) is 3.17. The predicted octanol–water partition coefficient (Wildman–Crippen LogP) is 3.84. The molecule has 0 aliphatic heterocycles. The second-order valence-electron chi connectivity index (χ2n) is 4.75. The summed E-state index contributed by atoms with van der Waals surface area (Å²) in [6.45, 7) is 4.53. The molecule has 0 radical (unpaired) electrons. The van der Waals surface area contributed by atoms with Gasteiger partial charge in [-0.25, -0.2) is 4.39 Å².